The highest BCUT2D eigenvalue weighted by Crippen LogP contribution is 2.08. The van der Waals surface area contributed by atoms with Crippen LogP contribution in [0, 0.1) is 5.92 Å². The number of primary amides is 3. The topological polar surface area (TPSA) is 267 Å². The van der Waals surface area contributed by atoms with E-state index in [1.807, 2.05) is 6.92 Å². The molecule has 0 aromatic carbocycles. The molecule has 7 amide bonds. The Kier molecular flexibility index (Phi) is 16.1. The summed E-state index contributed by atoms with van der Waals surface area (Å²) in [6.07, 6.45) is 0.0734. The number of nitrogens with two attached hydrogens (primary N) is 3. The molecule has 4 atom stereocenters. The monoisotopic (exact) mass is 519 g/mol. The molecule has 0 bridgehead atoms. The molecule has 0 radical (unpaired) electrons. The van der Waals surface area contributed by atoms with Gasteiger partial charge in [-0.25, -0.2) is 4.79 Å². The first-order valence-electron chi connectivity index (χ1n) is 11.2. The molecule has 0 fully saturated rings. The molecule has 0 saturated carbocycles. The van der Waals surface area contributed by atoms with Crippen LogP contribution in [0.25, 0.3) is 0 Å². The van der Waals surface area contributed by atoms with E-state index in [1.54, 1.807) is 6.92 Å². The van der Waals surface area contributed by atoms with Crippen LogP contribution in [0.2, 0.25) is 0 Å². The SMILES string of the molecule is CCC(C)[C@H](NC(=O)N[C@@H](CC(N)=O)C(N)=O)C(=O)NCCOCCOCC(=O)N[C@@H](CO)C(N)=O. The number of aliphatic hydroxyl groups excluding tert-OH is 1. The van der Waals surface area contributed by atoms with Gasteiger partial charge in [0, 0.05) is 6.54 Å². The van der Waals surface area contributed by atoms with E-state index < -0.39 is 66.7 Å². The third kappa shape index (κ3) is 14.0. The molecule has 0 spiro atoms. The Morgan fingerprint density at radius 2 is 1.47 bits per heavy atom. The van der Waals surface area contributed by atoms with Gasteiger partial charge in [-0.15, -0.1) is 0 Å². The van der Waals surface area contributed by atoms with Gasteiger partial charge in [-0.1, -0.05) is 20.3 Å². The molecule has 1 unspecified atom stereocenters. The van der Waals surface area contributed by atoms with Crippen LogP contribution >= 0.6 is 0 Å². The van der Waals surface area contributed by atoms with Crippen molar-refractivity contribution in [2.45, 2.75) is 44.8 Å². The second-order valence-electron chi connectivity index (χ2n) is 7.77. The lowest BCUT2D eigenvalue weighted by molar-refractivity contribution is -0.131. The van der Waals surface area contributed by atoms with Crippen LogP contribution in [-0.4, -0.2) is 98.4 Å². The Bertz CT molecular complexity index is 766. The number of ether oxygens (including phenoxy) is 2. The van der Waals surface area contributed by atoms with Gasteiger partial charge in [-0.2, -0.15) is 0 Å². The Hall–Kier alpha value is -3.50. The predicted molar refractivity (Wildman–Crippen MR) is 125 cm³/mol. The quantitative estimate of drug-likeness (QED) is 0.0763. The van der Waals surface area contributed by atoms with Crippen molar-refractivity contribution in [3.05, 3.63) is 0 Å². The van der Waals surface area contributed by atoms with Gasteiger partial charge in [-0.3, -0.25) is 24.0 Å². The number of hydrogen-bond donors (Lipinski definition) is 8. The minimum atomic E-state index is -1.32. The Morgan fingerprint density at radius 3 is 2.00 bits per heavy atom. The molecule has 0 heterocycles. The zero-order valence-corrected chi connectivity index (χ0v) is 20.4. The van der Waals surface area contributed by atoms with Gasteiger partial charge in [0.05, 0.1) is 32.8 Å². The second kappa shape index (κ2) is 17.9. The zero-order chi connectivity index (χ0) is 27.7. The van der Waals surface area contributed by atoms with Gasteiger partial charge in [0.15, 0.2) is 0 Å². The summed E-state index contributed by atoms with van der Waals surface area (Å²) < 4.78 is 10.4. The fraction of sp³-hybridized carbons (Fsp3) is 0.700. The molecule has 206 valence electrons. The molecule has 11 N–H and O–H groups in total. The van der Waals surface area contributed by atoms with E-state index >= 15 is 0 Å². The molecule has 36 heavy (non-hydrogen) atoms. The summed E-state index contributed by atoms with van der Waals surface area (Å²) >= 11 is 0. The highest BCUT2D eigenvalue weighted by atomic mass is 16.5. The molecule has 0 aliphatic carbocycles. The number of carbonyl (C=O) groups is 6. The van der Waals surface area contributed by atoms with Crippen molar-refractivity contribution in [3.63, 3.8) is 0 Å². The van der Waals surface area contributed by atoms with E-state index in [2.05, 4.69) is 21.3 Å². The molecule has 0 aliphatic heterocycles. The standard InChI is InChI=1S/C20H37N7O9/c1-3-11(2)16(27-20(34)26-12(17(22)31)8-14(21)29)19(33)24-4-5-35-6-7-36-10-15(30)25-13(9-28)18(23)32/h11-13,16,28H,3-10H2,1-2H3,(H2,21,29)(H2,22,31)(H2,23,32)(H,24,33)(H,25,30)(H2,26,27,34)/t11?,12-,13-,16-/m0/s1. The maximum atomic E-state index is 12.6. The number of rotatable bonds is 19. The summed E-state index contributed by atoms with van der Waals surface area (Å²) in [4.78, 5) is 69.7. The van der Waals surface area contributed by atoms with Gasteiger partial charge >= 0.3 is 6.03 Å². The summed E-state index contributed by atoms with van der Waals surface area (Å²) in [6.45, 7) is 2.94. The highest BCUT2D eigenvalue weighted by molar-refractivity contribution is 5.92. The molecule has 0 saturated heterocycles. The van der Waals surface area contributed by atoms with Gasteiger partial charge in [0.25, 0.3) is 0 Å². The predicted octanol–water partition coefficient (Wildman–Crippen LogP) is -4.46. The molecule has 16 nitrogen and oxygen atoms in total. The number of hydrogen-bond acceptors (Lipinski definition) is 9. The molecule has 0 aliphatic rings. The van der Waals surface area contributed by atoms with Crippen molar-refractivity contribution >= 4 is 35.6 Å². The summed E-state index contributed by atoms with van der Waals surface area (Å²) in [5.74, 6) is -4.04. The normalized spacial score (nSPS) is 14.0. The van der Waals surface area contributed by atoms with Crippen LogP contribution < -0.4 is 38.5 Å². The van der Waals surface area contributed by atoms with Gasteiger partial charge in [0.1, 0.15) is 24.7 Å². The van der Waals surface area contributed by atoms with E-state index in [0.717, 1.165) is 0 Å². The summed E-state index contributed by atoms with van der Waals surface area (Å²) in [5.41, 5.74) is 15.2. The largest absolute Gasteiger partial charge is 0.394 e. The fourth-order valence-corrected chi connectivity index (χ4v) is 2.65. The van der Waals surface area contributed by atoms with Crippen LogP contribution in [0.1, 0.15) is 26.7 Å². The average molecular weight is 520 g/mol. The molecular weight excluding hydrogens is 482 g/mol. The minimum Gasteiger partial charge on any atom is -0.394 e. The van der Waals surface area contributed by atoms with Crippen molar-refractivity contribution in [1.29, 1.82) is 0 Å². The van der Waals surface area contributed by atoms with Crippen molar-refractivity contribution in [1.82, 2.24) is 21.3 Å². The molecule has 0 aromatic rings. The summed E-state index contributed by atoms with van der Waals surface area (Å²) in [6, 6.07) is -4.31. The first kappa shape index (κ1) is 32.5. The van der Waals surface area contributed by atoms with Crippen LogP contribution in [0.4, 0.5) is 4.79 Å². The van der Waals surface area contributed by atoms with E-state index in [9.17, 15) is 28.8 Å². The van der Waals surface area contributed by atoms with Crippen LogP contribution in [0.5, 0.6) is 0 Å². The van der Waals surface area contributed by atoms with Crippen LogP contribution in [0.15, 0.2) is 0 Å². The number of amides is 7. The molecule has 0 aromatic heterocycles. The third-order valence-electron chi connectivity index (χ3n) is 4.85. The van der Waals surface area contributed by atoms with E-state index in [4.69, 9.17) is 31.8 Å². The maximum absolute atomic E-state index is 12.6. The third-order valence-corrected chi connectivity index (χ3v) is 4.85. The van der Waals surface area contributed by atoms with Crippen molar-refractivity contribution in [3.8, 4) is 0 Å². The lowest BCUT2D eigenvalue weighted by Gasteiger charge is -2.24. The van der Waals surface area contributed by atoms with Crippen molar-refractivity contribution < 1.29 is 43.3 Å². The smallest absolute Gasteiger partial charge is 0.316 e. The second-order valence-corrected chi connectivity index (χ2v) is 7.77. The van der Waals surface area contributed by atoms with Crippen LogP contribution in [0.3, 0.4) is 0 Å². The lowest BCUT2D eigenvalue weighted by Crippen LogP contribution is -2.56. The maximum Gasteiger partial charge on any atom is 0.316 e. The summed E-state index contributed by atoms with van der Waals surface area (Å²) in [7, 11) is 0. The Labute approximate surface area is 208 Å². The number of carbonyl (C=O) groups excluding carboxylic acids is 6. The number of aliphatic hydroxyl groups is 1. The Morgan fingerprint density at radius 1 is 0.861 bits per heavy atom. The van der Waals surface area contributed by atoms with Gasteiger partial charge in [-0.05, 0) is 5.92 Å². The highest BCUT2D eigenvalue weighted by Gasteiger charge is 2.28. The minimum absolute atomic E-state index is 0.0469. The molecule has 0 rings (SSSR count). The van der Waals surface area contributed by atoms with Crippen LogP contribution in [-0.2, 0) is 33.4 Å². The fourth-order valence-electron chi connectivity index (χ4n) is 2.65. The van der Waals surface area contributed by atoms with E-state index in [-0.39, 0.29) is 38.9 Å². The van der Waals surface area contributed by atoms with Gasteiger partial charge < -0.3 is 53.0 Å². The first-order chi connectivity index (χ1) is 16.9. The van der Waals surface area contributed by atoms with Gasteiger partial charge in [0.2, 0.25) is 29.5 Å². The Balaban J connectivity index is 4.37. The zero-order valence-electron chi connectivity index (χ0n) is 20.4. The lowest BCUT2D eigenvalue weighted by atomic mass is 9.98. The molecule has 16 heteroatoms. The number of urea groups is 1. The van der Waals surface area contributed by atoms with E-state index in [1.165, 1.54) is 0 Å². The first-order valence-corrected chi connectivity index (χ1v) is 11.2. The van der Waals surface area contributed by atoms with E-state index in [0.29, 0.717) is 6.42 Å². The van der Waals surface area contributed by atoms with Crippen molar-refractivity contribution in [2.24, 2.45) is 23.1 Å². The number of nitrogens with one attached hydrogen (secondary N) is 4. The average Bonchev–Trinajstić information content (AvgIpc) is 2.80. The van der Waals surface area contributed by atoms with Crippen molar-refractivity contribution in [2.75, 3.05) is 39.6 Å². The molecular formula is C20H37N7O9. The summed E-state index contributed by atoms with van der Waals surface area (Å²) in [5, 5.41) is 18.4.